The van der Waals surface area contributed by atoms with Gasteiger partial charge in [-0.25, -0.2) is 0 Å². The third-order valence-corrected chi connectivity index (χ3v) is 2.82. The Balaban J connectivity index is 2.92. The lowest BCUT2D eigenvalue weighted by molar-refractivity contribution is -0.204. The SMILES string of the molecule is C[C@](CO)(N[C@H](CO)c1ccccc1)C(F)(F)F. The summed E-state index contributed by atoms with van der Waals surface area (Å²) in [5.41, 5.74) is -1.92. The Labute approximate surface area is 103 Å². The Morgan fingerprint density at radius 2 is 1.72 bits per heavy atom. The second-order valence-corrected chi connectivity index (χ2v) is 4.28. The van der Waals surface area contributed by atoms with E-state index in [1.54, 1.807) is 30.3 Å². The molecule has 0 saturated carbocycles. The van der Waals surface area contributed by atoms with Crippen LogP contribution < -0.4 is 5.32 Å². The lowest BCUT2D eigenvalue weighted by Gasteiger charge is -2.34. The molecule has 102 valence electrons. The number of aliphatic hydroxyl groups excluding tert-OH is 2. The van der Waals surface area contributed by atoms with Gasteiger partial charge in [0.2, 0.25) is 0 Å². The van der Waals surface area contributed by atoms with Crippen molar-refractivity contribution in [2.75, 3.05) is 13.2 Å². The van der Waals surface area contributed by atoms with Crippen LogP contribution in [0.5, 0.6) is 0 Å². The fraction of sp³-hybridized carbons (Fsp3) is 0.500. The van der Waals surface area contributed by atoms with Crippen molar-refractivity contribution in [2.45, 2.75) is 24.7 Å². The molecule has 0 spiro atoms. The molecule has 0 bridgehead atoms. The molecule has 0 fully saturated rings. The first-order valence-corrected chi connectivity index (χ1v) is 5.45. The summed E-state index contributed by atoms with van der Waals surface area (Å²) in [6, 6.07) is 7.41. The summed E-state index contributed by atoms with van der Waals surface area (Å²) in [5.74, 6) is 0. The summed E-state index contributed by atoms with van der Waals surface area (Å²) in [6.45, 7) is -0.728. The monoisotopic (exact) mass is 263 g/mol. The minimum absolute atomic E-state index is 0.490. The number of hydrogen-bond acceptors (Lipinski definition) is 3. The average Bonchev–Trinajstić information content (AvgIpc) is 2.35. The van der Waals surface area contributed by atoms with E-state index < -0.39 is 31.0 Å². The smallest absolute Gasteiger partial charge is 0.394 e. The fourth-order valence-corrected chi connectivity index (χ4v) is 1.52. The van der Waals surface area contributed by atoms with Crippen LogP contribution in [0.3, 0.4) is 0 Å². The van der Waals surface area contributed by atoms with Crippen molar-refractivity contribution in [3.05, 3.63) is 35.9 Å². The lowest BCUT2D eigenvalue weighted by atomic mass is 9.98. The van der Waals surface area contributed by atoms with Crippen molar-refractivity contribution in [1.29, 1.82) is 0 Å². The summed E-state index contributed by atoms with van der Waals surface area (Å²) >= 11 is 0. The van der Waals surface area contributed by atoms with E-state index in [0.717, 1.165) is 6.92 Å². The van der Waals surface area contributed by atoms with Gasteiger partial charge >= 0.3 is 6.18 Å². The number of rotatable bonds is 5. The summed E-state index contributed by atoms with van der Waals surface area (Å²) in [4.78, 5) is 0. The second kappa shape index (κ2) is 5.69. The summed E-state index contributed by atoms with van der Waals surface area (Å²) in [5, 5.41) is 20.4. The topological polar surface area (TPSA) is 52.5 Å². The maximum absolute atomic E-state index is 12.8. The standard InChI is InChI=1S/C12H16F3NO2/c1-11(8-18,12(13,14)15)16-10(7-17)9-5-3-2-4-6-9/h2-6,10,16-18H,7-8H2,1H3/t10-,11-/m1/s1. The summed E-state index contributed by atoms with van der Waals surface area (Å²) < 4.78 is 38.4. The molecule has 0 aliphatic heterocycles. The highest BCUT2D eigenvalue weighted by atomic mass is 19.4. The summed E-state index contributed by atoms with van der Waals surface area (Å²) in [6.07, 6.45) is -4.61. The highest BCUT2D eigenvalue weighted by Gasteiger charge is 2.51. The third kappa shape index (κ3) is 3.22. The van der Waals surface area contributed by atoms with E-state index in [2.05, 4.69) is 5.32 Å². The fourth-order valence-electron chi connectivity index (χ4n) is 1.52. The predicted octanol–water partition coefficient (Wildman–Crippen LogP) is 1.62. The molecule has 3 N–H and O–H groups in total. The van der Waals surface area contributed by atoms with Crippen molar-refractivity contribution in [1.82, 2.24) is 5.32 Å². The van der Waals surface area contributed by atoms with Gasteiger partial charge in [0, 0.05) is 0 Å². The van der Waals surface area contributed by atoms with E-state index in [4.69, 9.17) is 5.11 Å². The first kappa shape index (κ1) is 14.9. The minimum Gasteiger partial charge on any atom is -0.394 e. The van der Waals surface area contributed by atoms with Gasteiger partial charge in [0.05, 0.1) is 19.3 Å². The number of alkyl halides is 3. The molecular weight excluding hydrogens is 247 g/mol. The van der Waals surface area contributed by atoms with Crippen molar-refractivity contribution < 1.29 is 23.4 Å². The molecule has 1 aromatic carbocycles. The van der Waals surface area contributed by atoms with E-state index in [-0.39, 0.29) is 0 Å². The van der Waals surface area contributed by atoms with Crippen LogP contribution in [0.4, 0.5) is 13.2 Å². The highest BCUT2D eigenvalue weighted by molar-refractivity contribution is 5.19. The van der Waals surface area contributed by atoms with E-state index in [1.807, 2.05) is 0 Å². The maximum atomic E-state index is 12.8. The third-order valence-electron chi connectivity index (χ3n) is 2.82. The summed E-state index contributed by atoms with van der Waals surface area (Å²) in [7, 11) is 0. The molecule has 0 saturated heterocycles. The number of halogens is 3. The number of benzene rings is 1. The molecule has 0 amide bonds. The Morgan fingerprint density at radius 1 is 1.17 bits per heavy atom. The van der Waals surface area contributed by atoms with Gasteiger partial charge in [0.1, 0.15) is 5.54 Å². The van der Waals surface area contributed by atoms with E-state index in [0.29, 0.717) is 5.56 Å². The van der Waals surface area contributed by atoms with Crippen molar-refractivity contribution >= 4 is 0 Å². The molecule has 0 radical (unpaired) electrons. The van der Waals surface area contributed by atoms with Gasteiger partial charge in [-0.3, -0.25) is 5.32 Å². The highest BCUT2D eigenvalue weighted by Crippen LogP contribution is 2.32. The number of hydrogen-bond donors (Lipinski definition) is 3. The minimum atomic E-state index is -4.61. The molecule has 1 rings (SSSR count). The molecule has 2 atom stereocenters. The van der Waals surface area contributed by atoms with Gasteiger partial charge in [0.25, 0.3) is 0 Å². The molecule has 0 heterocycles. The first-order valence-electron chi connectivity index (χ1n) is 5.45. The van der Waals surface area contributed by atoms with Crippen molar-refractivity contribution in [2.24, 2.45) is 0 Å². The van der Waals surface area contributed by atoms with Crippen LogP contribution in [0.25, 0.3) is 0 Å². The zero-order valence-corrected chi connectivity index (χ0v) is 9.91. The predicted molar refractivity (Wildman–Crippen MR) is 61.0 cm³/mol. The van der Waals surface area contributed by atoms with Gasteiger partial charge < -0.3 is 10.2 Å². The molecule has 6 heteroatoms. The Kier molecular flexibility index (Phi) is 4.72. The van der Waals surface area contributed by atoms with E-state index in [1.165, 1.54) is 0 Å². The maximum Gasteiger partial charge on any atom is 0.408 e. The van der Waals surface area contributed by atoms with Gasteiger partial charge in [-0.15, -0.1) is 0 Å². The number of aliphatic hydroxyl groups is 2. The van der Waals surface area contributed by atoms with Crippen LogP contribution in [0.2, 0.25) is 0 Å². The van der Waals surface area contributed by atoms with E-state index in [9.17, 15) is 18.3 Å². The van der Waals surface area contributed by atoms with Gasteiger partial charge in [-0.2, -0.15) is 13.2 Å². The largest absolute Gasteiger partial charge is 0.408 e. The molecule has 18 heavy (non-hydrogen) atoms. The molecule has 0 aromatic heterocycles. The van der Waals surface area contributed by atoms with Crippen LogP contribution in [-0.2, 0) is 0 Å². The molecule has 0 unspecified atom stereocenters. The van der Waals surface area contributed by atoms with Gasteiger partial charge in [0.15, 0.2) is 0 Å². The molecule has 0 aliphatic carbocycles. The molecule has 3 nitrogen and oxygen atoms in total. The van der Waals surface area contributed by atoms with Crippen LogP contribution >= 0.6 is 0 Å². The van der Waals surface area contributed by atoms with Crippen molar-refractivity contribution in [3.8, 4) is 0 Å². The zero-order valence-electron chi connectivity index (χ0n) is 9.91. The van der Waals surface area contributed by atoms with Crippen LogP contribution in [0.15, 0.2) is 30.3 Å². The van der Waals surface area contributed by atoms with Gasteiger partial charge in [-0.05, 0) is 12.5 Å². The average molecular weight is 263 g/mol. The molecule has 1 aromatic rings. The lowest BCUT2D eigenvalue weighted by Crippen LogP contribution is -2.58. The van der Waals surface area contributed by atoms with Crippen LogP contribution in [0.1, 0.15) is 18.5 Å². The number of nitrogens with one attached hydrogen (secondary N) is 1. The quantitative estimate of drug-likeness (QED) is 0.756. The van der Waals surface area contributed by atoms with Crippen LogP contribution in [0, 0.1) is 0 Å². The van der Waals surface area contributed by atoms with Crippen molar-refractivity contribution in [3.63, 3.8) is 0 Å². The first-order chi connectivity index (χ1) is 8.34. The molecule has 0 aliphatic rings. The Bertz CT molecular complexity index is 369. The normalized spacial score (nSPS) is 17.2. The van der Waals surface area contributed by atoms with Crippen LogP contribution in [-0.4, -0.2) is 35.1 Å². The Morgan fingerprint density at radius 3 is 2.11 bits per heavy atom. The molecular formula is C12H16F3NO2. The second-order valence-electron chi connectivity index (χ2n) is 4.28. The van der Waals surface area contributed by atoms with E-state index >= 15 is 0 Å². The van der Waals surface area contributed by atoms with Gasteiger partial charge in [-0.1, -0.05) is 30.3 Å². The Hall–Kier alpha value is -1.11. The zero-order chi connectivity index (χ0) is 13.8.